The van der Waals surface area contributed by atoms with E-state index in [4.69, 9.17) is 9.79 Å². The number of carbonyl (C=O) groups is 4. The van der Waals surface area contributed by atoms with Crippen molar-refractivity contribution in [3.63, 3.8) is 0 Å². The number of likely N-dealkylation sites (tertiary alicyclic amines) is 1. The number of rotatable bonds is 6. The monoisotopic (exact) mass is 638 g/mol. The zero-order chi connectivity index (χ0) is 30.8. The third-order valence-corrected chi connectivity index (χ3v) is 11.4. The van der Waals surface area contributed by atoms with Gasteiger partial charge in [0.15, 0.2) is 0 Å². The Bertz CT molecular complexity index is 1550. The van der Waals surface area contributed by atoms with Gasteiger partial charge in [0.05, 0.1) is 4.88 Å². The summed E-state index contributed by atoms with van der Waals surface area (Å²) in [5, 5.41) is 6.08. The minimum atomic E-state index is -5.75. The van der Waals surface area contributed by atoms with Crippen LogP contribution in [0.25, 0.3) is 10.1 Å². The summed E-state index contributed by atoms with van der Waals surface area (Å²) in [5.74, 6) is -0.473. The van der Waals surface area contributed by atoms with Crippen LogP contribution in [0.1, 0.15) is 60.7 Å². The van der Waals surface area contributed by atoms with Crippen LogP contribution < -0.4 is 10.6 Å². The molecule has 1 saturated carbocycles. The first-order valence-electron chi connectivity index (χ1n) is 14.4. The van der Waals surface area contributed by atoms with E-state index in [9.17, 15) is 32.5 Å². The first kappa shape index (κ1) is 30.1. The second-order valence-electron chi connectivity index (χ2n) is 12.2. The van der Waals surface area contributed by atoms with Crippen molar-refractivity contribution in [3.8, 4) is 0 Å². The van der Waals surface area contributed by atoms with E-state index in [1.807, 2.05) is 0 Å². The third kappa shape index (κ3) is 5.70. The van der Waals surface area contributed by atoms with Gasteiger partial charge in [-0.15, -0.1) is 11.3 Å². The molecular formula is C28H33F2N4O7PS. The van der Waals surface area contributed by atoms with Crippen LogP contribution in [0.4, 0.5) is 8.78 Å². The van der Waals surface area contributed by atoms with Gasteiger partial charge in [0.2, 0.25) is 17.7 Å². The van der Waals surface area contributed by atoms with E-state index in [1.54, 1.807) is 9.80 Å². The summed E-state index contributed by atoms with van der Waals surface area (Å²) in [7, 11) is -5.75. The second-order valence-corrected chi connectivity index (χ2v) is 14.9. The molecule has 4 amide bonds. The van der Waals surface area contributed by atoms with Crippen LogP contribution >= 0.6 is 18.9 Å². The molecule has 232 valence electrons. The molecule has 15 heteroatoms. The number of hydrogen-bond donors (Lipinski definition) is 4. The third-order valence-electron chi connectivity index (χ3n) is 9.28. The van der Waals surface area contributed by atoms with E-state index >= 15 is 0 Å². The van der Waals surface area contributed by atoms with E-state index in [2.05, 4.69) is 10.6 Å². The number of nitrogens with zero attached hydrogens (tertiary/aromatic N) is 2. The number of hydrogen-bond acceptors (Lipinski definition) is 6. The van der Waals surface area contributed by atoms with E-state index < -0.39 is 36.8 Å². The molecule has 0 bridgehead atoms. The van der Waals surface area contributed by atoms with Crippen molar-refractivity contribution in [2.45, 2.75) is 75.3 Å². The van der Waals surface area contributed by atoms with Gasteiger partial charge in [-0.2, -0.15) is 8.78 Å². The molecular weight excluding hydrogens is 605 g/mol. The van der Waals surface area contributed by atoms with E-state index in [0.29, 0.717) is 55.3 Å². The van der Waals surface area contributed by atoms with Gasteiger partial charge >= 0.3 is 13.3 Å². The van der Waals surface area contributed by atoms with Gasteiger partial charge in [-0.3, -0.25) is 23.7 Å². The van der Waals surface area contributed by atoms with Crippen LogP contribution in [0.15, 0.2) is 24.3 Å². The van der Waals surface area contributed by atoms with Gasteiger partial charge in [0.25, 0.3) is 5.91 Å². The van der Waals surface area contributed by atoms with Crippen molar-refractivity contribution in [2.75, 3.05) is 13.1 Å². The Kier molecular flexibility index (Phi) is 7.63. The van der Waals surface area contributed by atoms with Crippen LogP contribution in [0.3, 0.4) is 0 Å². The average molecular weight is 639 g/mol. The molecule has 1 aromatic carbocycles. The fraction of sp³-hybridized carbons (Fsp3) is 0.571. The fourth-order valence-electron chi connectivity index (χ4n) is 6.85. The Balaban J connectivity index is 1.18. The highest BCUT2D eigenvalue weighted by atomic mass is 32.1. The number of alkyl halides is 2. The number of fused-ring (bicyclic) bond motifs is 3. The predicted molar refractivity (Wildman–Crippen MR) is 152 cm³/mol. The first-order chi connectivity index (χ1) is 20.2. The highest BCUT2D eigenvalue weighted by molar-refractivity contribution is 7.52. The molecule has 11 nitrogen and oxygen atoms in total. The normalized spacial score (nSPS) is 29.1. The molecule has 6 atom stereocenters. The zero-order valence-corrected chi connectivity index (χ0v) is 25.1. The lowest BCUT2D eigenvalue weighted by molar-refractivity contribution is -0.143. The smallest absolute Gasteiger partial charge is 0.350 e. The molecule has 0 radical (unpaired) electrons. The molecule has 4 heterocycles. The van der Waals surface area contributed by atoms with E-state index in [-0.39, 0.29) is 40.1 Å². The highest BCUT2D eigenvalue weighted by Gasteiger charge is 2.52. The summed E-state index contributed by atoms with van der Waals surface area (Å²) >= 11 is 1.02. The van der Waals surface area contributed by atoms with Crippen LogP contribution in [0.2, 0.25) is 0 Å². The first-order valence-corrected chi connectivity index (χ1v) is 16.8. The van der Waals surface area contributed by atoms with Gasteiger partial charge in [0, 0.05) is 42.4 Å². The Morgan fingerprint density at radius 1 is 1.05 bits per heavy atom. The lowest BCUT2D eigenvalue weighted by Gasteiger charge is -2.35. The van der Waals surface area contributed by atoms with E-state index in [0.717, 1.165) is 36.3 Å². The van der Waals surface area contributed by atoms with Crippen molar-refractivity contribution in [3.05, 3.63) is 34.7 Å². The molecule has 6 rings (SSSR count). The fourth-order valence-corrected chi connectivity index (χ4v) is 8.27. The molecule has 43 heavy (non-hydrogen) atoms. The molecule has 4 aliphatic rings. The van der Waals surface area contributed by atoms with Crippen molar-refractivity contribution < 1.29 is 42.3 Å². The van der Waals surface area contributed by atoms with Crippen molar-refractivity contribution in [1.29, 1.82) is 0 Å². The summed E-state index contributed by atoms with van der Waals surface area (Å²) in [6, 6.07) is 2.71. The van der Waals surface area contributed by atoms with Gasteiger partial charge in [-0.1, -0.05) is 6.07 Å². The van der Waals surface area contributed by atoms with Gasteiger partial charge < -0.3 is 30.2 Å². The topological polar surface area (TPSA) is 156 Å². The standard InChI is InChI=1S/C28H33F2N4O7PS/c1-14(35)33-7-6-19(13-33)31-25(36)22-4-3-20-10-15-8-16(15)11-21(27(38)34(20)22)32-26(37)24-12-17-9-18(2-5-23(17)43-24)28(29,30)42(39,40)41/h2,5,9,12,15-16,19-22H,3-4,6-8,10-11,13H2,1H3,(H,31,36)(H,32,37)(H2,39,40,41)/t15?,16-,19+,20+,21-,22-/m0/s1. The maximum absolute atomic E-state index is 14.3. The predicted octanol–water partition coefficient (Wildman–Crippen LogP) is 2.75. The van der Waals surface area contributed by atoms with Crippen molar-refractivity contribution >= 4 is 52.6 Å². The SMILES string of the molecule is CC(=O)N1CC[C@@H](NC(=O)[C@@H]2CC[C@@H]3CC4C[C@H]4C[C@H](NC(=O)c4cc5cc(C(F)(F)P(=O)(O)O)ccc5s4)C(=O)N32)C1. The van der Waals surface area contributed by atoms with Crippen molar-refractivity contribution in [1.82, 2.24) is 20.4 Å². The minimum absolute atomic E-state index is 0.0488. The number of amides is 4. The largest absolute Gasteiger partial charge is 0.399 e. The van der Waals surface area contributed by atoms with Crippen LogP contribution in [0.5, 0.6) is 0 Å². The molecule has 1 aromatic heterocycles. The van der Waals surface area contributed by atoms with Gasteiger partial charge in [0.1, 0.15) is 12.1 Å². The van der Waals surface area contributed by atoms with E-state index in [1.165, 1.54) is 19.1 Å². The molecule has 3 saturated heterocycles. The number of halogens is 2. The number of benzene rings is 1. The van der Waals surface area contributed by atoms with Crippen molar-refractivity contribution in [2.24, 2.45) is 11.8 Å². The minimum Gasteiger partial charge on any atom is -0.350 e. The Labute approximate surface area is 250 Å². The number of nitrogens with one attached hydrogen (secondary N) is 2. The average Bonchev–Trinajstić information content (AvgIpc) is 3.32. The molecule has 0 spiro atoms. The summed E-state index contributed by atoms with van der Waals surface area (Å²) in [6.07, 6.45) is 4.05. The molecule has 2 aromatic rings. The van der Waals surface area contributed by atoms with Crippen LogP contribution in [-0.4, -0.2) is 80.5 Å². The summed E-state index contributed by atoms with van der Waals surface area (Å²) in [4.78, 5) is 74.1. The molecule has 1 aliphatic carbocycles. The quantitative estimate of drug-likeness (QED) is 0.355. The van der Waals surface area contributed by atoms with Crippen LogP contribution in [-0.2, 0) is 24.6 Å². The highest BCUT2D eigenvalue weighted by Crippen LogP contribution is 2.59. The van der Waals surface area contributed by atoms with Crippen LogP contribution in [0, 0.1) is 11.8 Å². The molecule has 4 fully saturated rings. The maximum atomic E-state index is 14.3. The number of thiophene rings is 1. The molecule has 1 unspecified atom stereocenters. The Morgan fingerprint density at radius 2 is 1.79 bits per heavy atom. The van der Waals surface area contributed by atoms with Gasteiger partial charge in [-0.05, 0) is 73.9 Å². The lowest BCUT2D eigenvalue weighted by atomic mass is 9.99. The lowest BCUT2D eigenvalue weighted by Crippen LogP contribution is -2.57. The Morgan fingerprint density at radius 3 is 2.49 bits per heavy atom. The maximum Gasteiger partial charge on any atom is 0.399 e. The summed E-state index contributed by atoms with van der Waals surface area (Å²) in [6.45, 7) is 2.49. The molecule has 4 N–H and O–H groups in total. The zero-order valence-electron chi connectivity index (χ0n) is 23.4. The number of carbonyl (C=O) groups excluding carboxylic acids is 4. The van der Waals surface area contributed by atoms with Gasteiger partial charge in [-0.25, -0.2) is 0 Å². The molecule has 3 aliphatic heterocycles. The summed E-state index contributed by atoms with van der Waals surface area (Å²) in [5.41, 5.74) is -5.24. The Hall–Kier alpha value is -2.93. The second kappa shape index (κ2) is 10.9. The summed E-state index contributed by atoms with van der Waals surface area (Å²) < 4.78 is 40.3.